The summed E-state index contributed by atoms with van der Waals surface area (Å²) in [4.78, 5) is 11.6. The Hall–Kier alpha value is -2.55. The van der Waals surface area contributed by atoms with Crippen LogP contribution < -0.4 is 4.74 Å². The number of benzene rings is 2. The smallest absolute Gasteiger partial charge is 0.156 e. The van der Waals surface area contributed by atoms with E-state index < -0.39 is 6.10 Å². The third kappa shape index (κ3) is 2.42. The number of rotatable bonds is 4. The molecule has 3 heteroatoms. The van der Waals surface area contributed by atoms with Crippen molar-refractivity contribution in [2.45, 2.75) is 13.0 Å². The number of ether oxygens (including phenoxy) is 2. The predicted molar refractivity (Wildman–Crippen MR) is 80.9 cm³/mol. The summed E-state index contributed by atoms with van der Waals surface area (Å²) in [6.07, 6.45) is 0.402. The molecule has 0 aromatic heterocycles. The van der Waals surface area contributed by atoms with Gasteiger partial charge in [-0.2, -0.15) is 0 Å². The van der Waals surface area contributed by atoms with E-state index in [4.69, 9.17) is 9.47 Å². The first-order chi connectivity index (χ1) is 10.3. The molecule has 3 rings (SSSR count). The Morgan fingerprint density at radius 2 is 1.81 bits per heavy atom. The number of carbonyl (C=O) groups is 1. The minimum Gasteiger partial charge on any atom is -0.493 e. The molecule has 1 unspecified atom stereocenters. The minimum absolute atomic E-state index is 0.430. The Balaban J connectivity index is 2.16. The summed E-state index contributed by atoms with van der Waals surface area (Å²) in [6.45, 7) is 2.41. The summed E-state index contributed by atoms with van der Waals surface area (Å²) in [5.41, 5.74) is 2.29. The fourth-order valence-corrected chi connectivity index (χ4v) is 2.52. The van der Waals surface area contributed by atoms with Crippen LogP contribution in [0.1, 0.15) is 24.2 Å². The molecule has 21 heavy (non-hydrogen) atoms. The molecular weight excluding hydrogens is 264 g/mol. The first-order valence-electron chi connectivity index (χ1n) is 6.98. The van der Waals surface area contributed by atoms with Crippen molar-refractivity contribution in [2.75, 3.05) is 6.61 Å². The SMILES string of the molecule is CCOC1=C(C=O)C(c2ccccc2)Oc2ccccc21. The second-order valence-electron chi connectivity index (χ2n) is 4.74. The lowest BCUT2D eigenvalue weighted by molar-refractivity contribution is -0.105. The molecule has 0 saturated carbocycles. The normalized spacial score (nSPS) is 16.9. The highest BCUT2D eigenvalue weighted by molar-refractivity contribution is 5.90. The maximum absolute atomic E-state index is 11.6. The number of para-hydroxylation sites is 1. The fourth-order valence-electron chi connectivity index (χ4n) is 2.52. The zero-order valence-corrected chi connectivity index (χ0v) is 11.8. The standard InChI is InChI=1S/C18H16O3/c1-2-20-18-14-10-6-7-11-16(14)21-17(15(18)12-19)13-8-4-3-5-9-13/h3-12,17H,2H2,1H3. The maximum Gasteiger partial charge on any atom is 0.156 e. The number of fused-ring (bicyclic) bond motifs is 1. The van der Waals surface area contributed by atoms with Crippen molar-refractivity contribution < 1.29 is 14.3 Å². The summed E-state index contributed by atoms with van der Waals surface area (Å²) < 4.78 is 11.8. The van der Waals surface area contributed by atoms with Gasteiger partial charge in [-0.15, -0.1) is 0 Å². The summed E-state index contributed by atoms with van der Waals surface area (Å²) in [5, 5.41) is 0. The lowest BCUT2D eigenvalue weighted by Gasteiger charge is -2.28. The molecule has 0 amide bonds. The van der Waals surface area contributed by atoms with Crippen LogP contribution in [0.4, 0.5) is 0 Å². The summed E-state index contributed by atoms with van der Waals surface area (Å²) in [5.74, 6) is 1.35. The van der Waals surface area contributed by atoms with Gasteiger partial charge >= 0.3 is 0 Å². The molecule has 2 aromatic carbocycles. The van der Waals surface area contributed by atoms with Crippen LogP contribution in [0.5, 0.6) is 5.75 Å². The van der Waals surface area contributed by atoms with Gasteiger partial charge in [0.25, 0.3) is 0 Å². The molecule has 0 aliphatic carbocycles. The highest BCUT2D eigenvalue weighted by Crippen LogP contribution is 2.41. The van der Waals surface area contributed by atoms with Gasteiger partial charge in [0, 0.05) is 0 Å². The predicted octanol–water partition coefficient (Wildman–Crippen LogP) is 3.77. The molecule has 0 N–H and O–H groups in total. The molecule has 1 aliphatic heterocycles. The zero-order valence-electron chi connectivity index (χ0n) is 11.8. The van der Waals surface area contributed by atoms with Crippen molar-refractivity contribution in [3.63, 3.8) is 0 Å². The highest BCUT2D eigenvalue weighted by Gasteiger charge is 2.30. The Morgan fingerprint density at radius 3 is 2.52 bits per heavy atom. The Labute approximate surface area is 123 Å². The van der Waals surface area contributed by atoms with E-state index in [2.05, 4.69) is 0 Å². The van der Waals surface area contributed by atoms with Crippen LogP contribution in [0.2, 0.25) is 0 Å². The molecular formula is C18H16O3. The van der Waals surface area contributed by atoms with Gasteiger partial charge < -0.3 is 9.47 Å². The molecule has 1 heterocycles. The molecule has 0 bridgehead atoms. The third-order valence-electron chi connectivity index (χ3n) is 3.44. The van der Waals surface area contributed by atoms with E-state index in [-0.39, 0.29) is 0 Å². The van der Waals surface area contributed by atoms with Gasteiger partial charge in [-0.25, -0.2) is 0 Å². The third-order valence-corrected chi connectivity index (χ3v) is 3.44. The summed E-state index contributed by atoms with van der Waals surface area (Å²) >= 11 is 0. The molecule has 2 aromatic rings. The molecule has 1 atom stereocenters. The second-order valence-corrected chi connectivity index (χ2v) is 4.74. The van der Waals surface area contributed by atoms with Gasteiger partial charge in [0.15, 0.2) is 12.4 Å². The zero-order chi connectivity index (χ0) is 14.7. The molecule has 0 radical (unpaired) electrons. The van der Waals surface area contributed by atoms with Gasteiger partial charge in [-0.1, -0.05) is 42.5 Å². The van der Waals surface area contributed by atoms with Crippen molar-refractivity contribution in [3.05, 3.63) is 71.3 Å². The van der Waals surface area contributed by atoms with Crippen LogP contribution in [-0.4, -0.2) is 12.9 Å². The molecule has 1 aliphatic rings. The number of hydrogen-bond donors (Lipinski definition) is 0. The molecule has 0 fully saturated rings. The number of aldehydes is 1. The number of carbonyl (C=O) groups excluding carboxylic acids is 1. The van der Waals surface area contributed by atoms with Crippen LogP contribution in [0.3, 0.4) is 0 Å². The van der Waals surface area contributed by atoms with Crippen molar-refractivity contribution in [2.24, 2.45) is 0 Å². The van der Waals surface area contributed by atoms with Crippen molar-refractivity contribution in [1.29, 1.82) is 0 Å². The van der Waals surface area contributed by atoms with Crippen LogP contribution >= 0.6 is 0 Å². The van der Waals surface area contributed by atoms with E-state index in [1.54, 1.807) is 0 Å². The summed E-state index contributed by atoms with van der Waals surface area (Å²) in [6, 6.07) is 17.3. The van der Waals surface area contributed by atoms with Crippen molar-refractivity contribution >= 4 is 12.0 Å². The number of hydrogen-bond acceptors (Lipinski definition) is 3. The van der Waals surface area contributed by atoms with E-state index in [1.807, 2.05) is 61.5 Å². The van der Waals surface area contributed by atoms with Crippen LogP contribution in [0.15, 0.2) is 60.2 Å². The van der Waals surface area contributed by atoms with E-state index in [0.717, 1.165) is 23.2 Å². The first-order valence-corrected chi connectivity index (χ1v) is 6.98. The Morgan fingerprint density at radius 1 is 1.10 bits per heavy atom. The molecule has 106 valence electrons. The van der Waals surface area contributed by atoms with Crippen LogP contribution in [-0.2, 0) is 9.53 Å². The minimum atomic E-state index is -0.430. The van der Waals surface area contributed by atoms with Crippen LogP contribution in [0, 0.1) is 0 Å². The van der Waals surface area contributed by atoms with E-state index in [0.29, 0.717) is 17.9 Å². The Kier molecular flexibility index (Phi) is 3.73. The average molecular weight is 280 g/mol. The molecule has 0 saturated heterocycles. The largest absolute Gasteiger partial charge is 0.493 e. The molecule has 0 spiro atoms. The van der Waals surface area contributed by atoms with Gasteiger partial charge in [-0.3, -0.25) is 4.79 Å². The molecule has 3 nitrogen and oxygen atoms in total. The first kappa shape index (κ1) is 13.4. The Bertz CT molecular complexity index is 674. The van der Waals surface area contributed by atoms with Crippen LogP contribution in [0.25, 0.3) is 5.76 Å². The average Bonchev–Trinajstić information content (AvgIpc) is 2.55. The van der Waals surface area contributed by atoms with E-state index in [9.17, 15) is 4.79 Å². The van der Waals surface area contributed by atoms with Gasteiger partial charge in [0.05, 0.1) is 17.7 Å². The summed E-state index contributed by atoms with van der Waals surface area (Å²) in [7, 11) is 0. The lowest BCUT2D eigenvalue weighted by atomic mass is 9.95. The second kappa shape index (κ2) is 5.83. The van der Waals surface area contributed by atoms with E-state index >= 15 is 0 Å². The fraction of sp³-hybridized carbons (Fsp3) is 0.167. The lowest BCUT2D eigenvalue weighted by Crippen LogP contribution is -2.19. The van der Waals surface area contributed by atoms with Crippen molar-refractivity contribution in [1.82, 2.24) is 0 Å². The topological polar surface area (TPSA) is 35.5 Å². The van der Waals surface area contributed by atoms with Gasteiger partial charge in [0.2, 0.25) is 0 Å². The van der Waals surface area contributed by atoms with E-state index in [1.165, 1.54) is 0 Å². The van der Waals surface area contributed by atoms with Crippen molar-refractivity contribution in [3.8, 4) is 5.75 Å². The van der Waals surface area contributed by atoms with Gasteiger partial charge in [0.1, 0.15) is 11.5 Å². The maximum atomic E-state index is 11.6. The van der Waals surface area contributed by atoms with Gasteiger partial charge in [-0.05, 0) is 24.6 Å². The monoisotopic (exact) mass is 280 g/mol. The highest BCUT2D eigenvalue weighted by atomic mass is 16.5. The quantitative estimate of drug-likeness (QED) is 0.800.